The Morgan fingerprint density at radius 3 is 2.46 bits per heavy atom. The van der Waals surface area contributed by atoms with Gasteiger partial charge in [0.1, 0.15) is 0 Å². The molecule has 0 aliphatic heterocycles. The summed E-state index contributed by atoms with van der Waals surface area (Å²) >= 11 is 3.33. The van der Waals surface area contributed by atoms with E-state index in [4.69, 9.17) is 0 Å². The van der Waals surface area contributed by atoms with E-state index in [0.29, 0.717) is 0 Å². The summed E-state index contributed by atoms with van der Waals surface area (Å²) in [6.45, 7) is 0. The van der Waals surface area contributed by atoms with Crippen molar-refractivity contribution in [2.45, 2.75) is 12.3 Å². The number of benzene rings is 1. The minimum atomic E-state index is -0.923. The second-order valence-corrected chi connectivity index (χ2v) is 4.23. The van der Waals surface area contributed by atoms with Crippen LogP contribution in [0, 0.1) is 5.92 Å². The molecule has 1 aromatic carbocycles. The summed E-state index contributed by atoms with van der Waals surface area (Å²) in [5.74, 6) is -1.01. The third kappa shape index (κ3) is 1.75. The number of hydrogen-bond acceptors (Lipinski definition) is 2. The highest BCUT2D eigenvalue weighted by atomic mass is 79.9. The number of carboxylic acids is 1. The second kappa shape index (κ2) is 3.14. The molecule has 1 saturated carbocycles. The van der Waals surface area contributed by atoms with Gasteiger partial charge in [-0.3, -0.25) is 0 Å². The third-order valence-corrected chi connectivity index (χ3v) is 2.92. The van der Waals surface area contributed by atoms with Crippen LogP contribution >= 0.6 is 15.9 Å². The molecule has 1 aliphatic carbocycles. The maximum atomic E-state index is 10.5. The molecule has 1 aromatic rings. The average molecular weight is 240 g/mol. The van der Waals surface area contributed by atoms with Gasteiger partial charge >= 0.3 is 0 Å². The molecule has 2 unspecified atom stereocenters. The van der Waals surface area contributed by atoms with Crippen molar-refractivity contribution in [1.29, 1.82) is 0 Å². The molecule has 0 aromatic heterocycles. The van der Waals surface area contributed by atoms with Crippen LogP contribution in [0.2, 0.25) is 0 Å². The molecule has 2 atom stereocenters. The predicted octanol–water partition coefficient (Wildman–Crippen LogP) is 1.30. The Hall–Kier alpha value is -0.830. The molecule has 0 bridgehead atoms. The second-order valence-electron chi connectivity index (χ2n) is 3.32. The van der Waals surface area contributed by atoms with Crippen molar-refractivity contribution < 1.29 is 9.90 Å². The van der Waals surface area contributed by atoms with Gasteiger partial charge in [-0.1, -0.05) is 28.1 Å². The smallest absolute Gasteiger partial charge is 0.0451 e. The van der Waals surface area contributed by atoms with Crippen LogP contribution in [0.4, 0.5) is 0 Å². The molecule has 0 radical (unpaired) electrons. The monoisotopic (exact) mass is 239 g/mol. The lowest BCUT2D eigenvalue weighted by molar-refractivity contribution is -0.308. The normalized spacial score (nSPS) is 25.6. The summed E-state index contributed by atoms with van der Waals surface area (Å²) in [4.78, 5) is 10.5. The standard InChI is InChI=1S/C10H9BrO2/c11-7-3-1-6(2-4-7)8-5-9(8)10(12)13/h1-4,8-9H,5H2,(H,12,13)/p-1. The van der Waals surface area contributed by atoms with Crippen LogP contribution in [0.1, 0.15) is 17.9 Å². The zero-order valence-electron chi connectivity index (χ0n) is 6.87. The highest BCUT2D eigenvalue weighted by Gasteiger charge is 2.39. The van der Waals surface area contributed by atoms with Gasteiger partial charge in [0.2, 0.25) is 0 Å². The van der Waals surface area contributed by atoms with Gasteiger partial charge in [-0.25, -0.2) is 0 Å². The fraction of sp³-hybridized carbons (Fsp3) is 0.300. The number of carbonyl (C=O) groups is 1. The van der Waals surface area contributed by atoms with Crippen LogP contribution in [0.5, 0.6) is 0 Å². The Kier molecular flexibility index (Phi) is 2.12. The van der Waals surface area contributed by atoms with Gasteiger partial charge in [-0.2, -0.15) is 0 Å². The molecular formula is C10H8BrO2-. The molecule has 2 nitrogen and oxygen atoms in total. The zero-order valence-corrected chi connectivity index (χ0v) is 8.45. The minimum Gasteiger partial charge on any atom is -0.550 e. The van der Waals surface area contributed by atoms with Crippen LogP contribution in [-0.2, 0) is 4.79 Å². The molecule has 0 amide bonds. The number of hydrogen-bond donors (Lipinski definition) is 0. The van der Waals surface area contributed by atoms with E-state index >= 15 is 0 Å². The van der Waals surface area contributed by atoms with Crippen molar-refractivity contribution in [3.05, 3.63) is 34.3 Å². The summed E-state index contributed by atoms with van der Waals surface area (Å²) in [6.07, 6.45) is 0.726. The van der Waals surface area contributed by atoms with E-state index in [0.717, 1.165) is 16.5 Å². The zero-order chi connectivity index (χ0) is 9.42. The van der Waals surface area contributed by atoms with E-state index in [2.05, 4.69) is 15.9 Å². The maximum absolute atomic E-state index is 10.5. The van der Waals surface area contributed by atoms with E-state index in [1.165, 1.54) is 0 Å². The largest absolute Gasteiger partial charge is 0.550 e. The summed E-state index contributed by atoms with van der Waals surface area (Å²) < 4.78 is 1.02. The molecule has 0 heterocycles. The molecule has 3 heteroatoms. The molecule has 2 rings (SSSR count). The van der Waals surface area contributed by atoms with Crippen molar-refractivity contribution in [3.63, 3.8) is 0 Å². The quantitative estimate of drug-likeness (QED) is 0.781. The summed E-state index contributed by atoms with van der Waals surface area (Å²) in [7, 11) is 0. The van der Waals surface area contributed by atoms with Gasteiger partial charge in [-0.15, -0.1) is 0 Å². The Morgan fingerprint density at radius 2 is 2.00 bits per heavy atom. The molecule has 68 valence electrons. The first-order valence-electron chi connectivity index (χ1n) is 4.15. The van der Waals surface area contributed by atoms with E-state index in [1.54, 1.807) is 0 Å². The summed E-state index contributed by atoms with van der Waals surface area (Å²) in [5, 5.41) is 10.5. The number of carboxylic acid groups (broad SMARTS) is 1. The summed E-state index contributed by atoms with van der Waals surface area (Å²) in [5.41, 5.74) is 1.09. The van der Waals surface area contributed by atoms with Crippen LogP contribution in [-0.4, -0.2) is 5.97 Å². The molecule has 1 aliphatic rings. The predicted molar refractivity (Wildman–Crippen MR) is 50.0 cm³/mol. The lowest BCUT2D eigenvalue weighted by Crippen LogP contribution is -2.24. The van der Waals surface area contributed by atoms with Crippen molar-refractivity contribution in [2.24, 2.45) is 5.92 Å². The Morgan fingerprint density at radius 1 is 1.38 bits per heavy atom. The molecule has 1 fully saturated rings. The highest BCUT2D eigenvalue weighted by Crippen LogP contribution is 2.47. The highest BCUT2D eigenvalue weighted by molar-refractivity contribution is 9.10. The average Bonchev–Trinajstić information content (AvgIpc) is 2.85. The minimum absolute atomic E-state index is 0.179. The number of rotatable bonds is 2. The van der Waals surface area contributed by atoms with Gasteiger partial charge in [0.15, 0.2) is 0 Å². The van der Waals surface area contributed by atoms with Gasteiger partial charge < -0.3 is 9.90 Å². The van der Waals surface area contributed by atoms with Gasteiger partial charge in [-0.05, 0) is 30.0 Å². The Balaban J connectivity index is 2.12. The fourth-order valence-corrected chi connectivity index (χ4v) is 1.80. The first kappa shape index (κ1) is 8.75. The lowest BCUT2D eigenvalue weighted by Gasteiger charge is -2.01. The van der Waals surface area contributed by atoms with Crippen molar-refractivity contribution in [1.82, 2.24) is 0 Å². The summed E-state index contributed by atoms with van der Waals surface area (Å²) in [6, 6.07) is 7.77. The van der Waals surface area contributed by atoms with Gasteiger partial charge in [0.05, 0.1) is 0 Å². The van der Waals surface area contributed by atoms with E-state index < -0.39 is 5.97 Å². The van der Waals surface area contributed by atoms with Gasteiger partial charge in [0.25, 0.3) is 0 Å². The first-order chi connectivity index (χ1) is 6.18. The molecule has 0 saturated heterocycles. The number of halogens is 1. The van der Waals surface area contributed by atoms with E-state index in [-0.39, 0.29) is 11.8 Å². The van der Waals surface area contributed by atoms with E-state index in [9.17, 15) is 9.90 Å². The molecular weight excluding hydrogens is 232 g/mol. The topological polar surface area (TPSA) is 40.1 Å². The molecule has 0 spiro atoms. The fourth-order valence-electron chi connectivity index (χ4n) is 1.53. The Labute approximate surface area is 84.7 Å². The Bertz CT molecular complexity index is 331. The first-order valence-corrected chi connectivity index (χ1v) is 4.94. The van der Waals surface area contributed by atoms with Crippen molar-refractivity contribution in [2.75, 3.05) is 0 Å². The molecule has 13 heavy (non-hydrogen) atoms. The number of carbonyl (C=O) groups excluding carboxylic acids is 1. The maximum Gasteiger partial charge on any atom is 0.0451 e. The van der Waals surface area contributed by atoms with Gasteiger partial charge in [0, 0.05) is 16.4 Å². The van der Waals surface area contributed by atoms with Crippen LogP contribution in [0.25, 0.3) is 0 Å². The van der Waals surface area contributed by atoms with Crippen LogP contribution in [0.3, 0.4) is 0 Å². The number of aliphatic carboxylic acids is 1. The van der Waals surface area contributed by atoms with Crippen molar-refractivity contribution in [3.8, 4) is 0 Å². The van der Waals surface area contributed by atoms with E-state index in [1.807, 2.05) is 24.3 Å². The van der Waals surface area contributed by atoms with Crippen molar-refractivity contribution >= 4 is 21.9 Å². The molecule has 0 N–H and O–H groups in total. The lowest BCUT2D eigenvalue weighted by atomic mass is 10.1. The van der Waals surface area contributed by atoms with Crippen LogP contribution in [0.15, 0.2) is 28.7 Å². The SMILES string of the molecule is O=C([O-])C1CC1c1ccc(Br)cc1. The van der Waals surface area contributed by atoms with Crippen LogP contribution < -0.4 is 5.11 Å². The third-order valence-electron chi connectivity index (χ3n) is 2.39.